The van der Waals surface area contributed by atoms with Gasteiger partial charge < -0.3 is 4.90 Å². The van der Waals surface area contributed by atoms with Gasteiger partial charge in [0.15, 0.2) is 0 Å². The molecule has 0 bridgehead atoms. The standard InChI is InChI=1S/C14H16BrN3O/c1-10-9-11(3-4-12(10)15)18-8-7-17(2)13(5-6-16)14(18)19/h3-4,9,13H,5,7-8H2,1-2H3. The molecule has 1 saturated heterocycles. The number of carbonyl (C=O) groups excluding carboxylic acids is 1. The monoisotopic (exact) mass is 321 g/mol. The normalized spacial score (nSPS) is 20.4. The Morgan fingerprint density at radius 3 is 2.84 bits per heavy atom. The minimum Gasteiger partial charge on any atom is -0.310 e. The summed E-state index contributed by atoms with van der Waals surface area (Å²) in [7, 11) is 1.89. The number of aryl methyl sites for hydroxylation is 1. The van der Waals surface area contributed by atoms with E-state index < -0.39 is 0 Å². The molecular formula is C14H16BrN3O. The maximum absolute atomic E-state index is 12.4. The van der Waals surface area contributed by atoms with E-state index in [2.05, 4.69) is 22.0 Å². The van der Waals surface area contributed by atoms with Gasteiger partial charge in [-0.1, -0.05) is 15.9 Å². The van der Waals surface area contributed by atoms with E-state index in [1.165, 1.54) is 0 Å². The number of likely N-dealkylation sites (N-methyl/N-ethyl adjacent to an activating group) is 1. The van der Waals surface area contributed by atoms with Crippen LogP contribution in [0.5, 0.6) is 0 Å². The second kappa shape index (κ2) is 5.72. The number of nitriles is 1. The fraction of sp³-hybridized carbons (Fsp3) is 0.429. The van der Waals surface area contributed by atoms with Crippen molar-refractivity contribution in [3.63, 3.8) is 0 Å². The third-order valence-corrected chi connectivity index (χ3v) is 4.39. The molecule has 1 amide bonds. The van der Waals surface area contributed by atoms with Crippen molar-refractivity contribution in [2.24, 2.45) is 0 Å². The first-order chi connectivity index (χ1) is 9.04. The zero-order valence-electron chi connectivity index (χ0n) is 11.1. The number of nitrogens with zero attached hydrogens (tertiary/aromatic N) is 3. The summed E-state index contributed by atoms with van der Waals surface area (Å²) >= 11 is 3.46. The molecule has 1 unspecified atom stereocenters. The van der Waals surface area contributed by atoms with Crippen LogP contribution in [0, 0.1) is 18.3 Å². The van der Waals surface area contributed by atoms with Gasteiger partial charge >= 0.3 is 0 Å². The molecule has 0 spiro atoms. The van der Waals surface area contributed by atoms with Crippen LogP contribution in [0.4, 0.5) is 5.69 Å². The van der Waals surface area contributed by atoms with E-state index in [4.69, 9.17) is 5.26 Å². The first kappa shape index (κ1) is 14.0. The summed E-state index contributed by atoms with van der Waals surface area (Å²) in [6.45, 7) is 3.45. The Kier molecular flexibility index (Phi) is 4.23. The number of benzene rings is 1. The van der Waals surface area contributed by atoms with Crippen molar-refractivity contribution < 1.29 is 4.79 Å². The van der Waals surface area contributed by atoms with Gasteiger partial charge in [-0.05, 0) is 37.7 Å². The molecule has 1 atom stereocenters. The van der Waals surface area contributed by atoms with Crippen molar-refractivity contribution in [3.05, 3.63) is 28.2 Å². The van der Waals surface area contributed by atoms with E-state index >= 15 is 0 Å². The summed E-state index contributed by atoms with van der Waals surface area (Å²) in [6, 6.07) is 7.65. The smallest absolute Gasteiger partial charge is 0.245 e. The Morgan fingerprint density at radius 1 is 1.47 bits per heavy atom. The highest BCUT2D eigenvalue weighted by atomic mass is 79.9. The second-order valence-corrected chi connectivity index (χ2v) is 5.64. The summed E-state index contributed by atoms with van der Waals surface area (Å²) < 4.78 is 1.03. The van der Waals surface area contributed by atoms with Gasteiger partial charge in [-0.2, -0.15) is 5.26 Å². The first-order valence-electron chi connectivity index (χ1n) is 6.19. The summed E-state index contributed by atoms with van der Waals surface area (Å²) in [4.78, 5) is 16.2. The van der Waals surface area contributed by atoms with Gasteiger partial charge in [0.1, 0.15) is 6.04 Å². The SMILES string of the molecule is Cc1cc(N2CCN(C)C(CC#N)C2=O)ccc1Br. The molecule has 5 heteroatoms. The van der Waals surface area contributed by atoms with Gasteiger partial charge in [0.2, 0.25) is 5.91 Å². The van der Waals surface area contributed by atoms with Gasteiger partial charge in [0.05, 0.1) is 12.5 Å². The van der Waals surface area contributed by atoms with Crippen molar-refractivity contribution >= 4 is 27.5 Å². The van der Waals surface area contributed by atoms with Crippen LogP contribution in [0.25, 0.3) is 0 Å². The van der Waals surface area contributed by atoms with Crippen molar-refractivity contribution in [1.29, 1.82) is 5.26 Å². The fourth-order valence-electron chi connectivity index (χ4n) is 2.27. The lowest BCUT2D eigenvalue weighted by atomic mass is 10.1. The number of hydrogen-bond donors (Lipinski definition) is 0. The summed E-state index contributed by atoms with van der Waals surface area (Å²) in [6.07, 6.45) is 0.237. The van der Waals surface area contributed by atoms with Crippen LogP contribution >= 0.6 is 15.9 Å². The topological polar surface area (TPSA) is 47.3 Å². The molecule has 0 saturated carbocycles. The van der Waals surface area contributed by atoms with Gasteiger partial charge in [0.25, 0.3) is 0 Å². The lowest BCUT2D eigenvalue weighted by Crippen LogP contribution is -2.55. The maximum Gasteiger partial charge on any atom is 0.245 e. The zero-order chi connectivity index (χ0) is 14.0. The van der Waals surface area contributed by atoms with Crippen LogP contribution < -0.4 is 4.90 Å². The predicted octanol–water partition coefficient (Wildman–Crippen LogP) is 2.32. The molecule has 19 heavy (non-hydrogen) atoms. The predicted molar refractivity (Wildman–Crippen MR) is 77.9 cm³/mol. The summed E-state index contributed by atoms with van der Waals surface area (Å²) in [5.41, 5.74) is 2.00. The van der Waals surface area contributed by atoms with Crippen molar-refractivity contribution in [3.8, 4) is 6.07 Å². The van der Waals surface area contributed by atoms with E-state index in [1.807, 2.05) is 37.1 Å². The van der Waals surface area contributed by atoms with Gasteiger partial charge in [0, 0.05) is 23.2 Å². The zero-order valence-corrected chi connectivity index (χ0v) is 12.6. The molecule has 0 aromatic heterocycles. The van der Waals surface area contributed by atoms with Crippen molar-refractivity contribution in [2.75, 3.05) is 25.0 Å². The van der Waals surface area contributed by atoms with E-state index in [1.54, 1.807) is 4.90 Å². The molecule has 1 heterocycles. The molecule has 0 N–H and O–H groups in total. The molecule has 0 radical (unpaired) electrons. The van der Waals surface area contributed by atoms with Crippen molar-refractivity contribution in [2.45, 2.75) is 19.4 Å². The average Bonchev–Trinajstić information content (AvgIpc) is 2.38. The molecule has 1 aliphatic rings. The van der Waals surface area contributed by atoms with Crippen LogP contribution in [0.1, 0.15) is 12.0 Å². The minimum absolute atomic E-state index is 0.0111. The molecule has 1 aromatic carbocycles. The molecule has 0 aliphatic carbocycles. The third kappa shape index (κ3) is 2.80. The number of carbonyl (C=O) groups is 1. The molecule has 1 fully saturated rings. The lowest BCUT2D eigenvalue weighted by molar-refractivity contribution is -0.125. The number of halogens is 1. The van der Waals surface area contributed by atoms with E-state index in [0.29, 0.717) is 6.54 Å². The van der Waals surface area contributed by atoms with Crippen LogP contribution in [0.3, 0.4) is 0 Å². The highest BCUT2D eigenvalue weighted by Gasteiger charge is 2.33. The molecular weight excluding hydrogens is 306 g/mol. The summed E-state index contributed by atoms with van der Waals surface area (Å²) in [5, 5.41) is 8.84. The summed E-state index contributed by atoms with van der Waals surface area (Å²) in [5.74, 6) is 0.0111. The van der Waals surface area contributed by atoms with E-state index in [0.717, 1.165) is 22.3 Å². The molecule has 100 valence electrons. The highest BCUT2D eigenvalue weighted by Crippen LogP contribution is 2.25. The average molecular weight is 322 g/mol. The fourth-order valence-corrected chi connectivity index (χ4v) is 2.52. The molecule has 4 nitrogen and oxygen atoms in total. The molecule has 1 aromatic rings. The Balaban J connectivity index is 2.27. The quantitative estimate of drug-likeness (QED) is 0.839. The van der Waals surface area contributed by atoms with E-state index in [-0.39, 0.29) is 18.4 Å². The van der Waals surface area contributed by atoms with Gasteiger partial charge in [-0.15, -0.1) is 0 Å². The molecule has 1 aliphatic heterocycles. The van der Waals surface area contributed by atoms with Crippen molar-refractivity contribution in [1.82, 2.24) is 4.90 Å². The number of amides is 1. The Labute approximate surface area is 121 Å². The number of rotatable bonds is 2. The number of piperazine rings is 1. The molecule has 2 rings (SSSR count). The largest absolute Gasteiger partial charge is 0.310 e. The van der Waals surface area contributed by atoms with Crippen LogP contribution in [0.2, 0.25) is 0 Å². The number of hydrogen-bond acceptors (Lipinski definition) is 3. The first-order valence-corrected chi connectivity index (χ1v) is 6.98. The van der Waals surface area contributed by atoms with Gasteiger partial charge in [-0.3, -0.25) is 9.69 Å². The van der Waals surface area contributed by atoms with Gasteiger partial charge in [-0.25, -0.2) is 0 Å². The number of anilines is 1. The lowest BCUT2D eigenvalue weighted by Gasteiger charge is -2.37. The minimum atomic E-state index is -0.331. The van der Waals surface area contributed by atoms with Crippen LogP contribution in [0.15, 0.2) is 22.7 Å². The highest BCUT2D eigenvalue weighted by molar-refractivity contribution is 9.10. The Bertz CT molecular complexity index is 538. The Hall–Kier alpha value is -1.38. The van der Waals surface area contributed by atoms with E-state index in [9.17, 15) is 4.79 Å². The third-order valence-electron chi connectivity index (χ3n) is 3.50. The Morgan fingerprint density at radius 2 is 2.21 bits per heavy atom. The van der Waals surface area contributed by atoms with Crippen LogP contribution in [-0.2, 0) is 4.79 Å². The second-order valence-electron chi connectivity index (χ2n) is 4.78. The maximum atomic E-state index is 12.4. The van der Waals surface area contributed by atoms with Crippen LogP contribution in [-0.4, -0.2) is 37.0 Å².